The first-order valence-corrected chi connectivity index (χ1v) is 7.82. The molecule has 4 heteroatoms. The molecule has 0 fully saturated rings. The van der Waals surface area contributed by atoms with Crippen LogP contribution < -0.4 is 11.1 Å². The number of thiazole rings is 1. The Balaban J connectivity index is 2.12. The third kappa shape index (κ3) is 5.46. The first-order chi connectivity index (χ1) is 8.65. The van der Waals surface area contributed by atoms with Crippen LogP contribution in [0.25, 0.3) is 0 Å². The van der Waals surface area contributed by atoms with E-state index in [-0.39, 0.29) is 0 Å². The molecule has 1 aromatic rings. The number of rotatable bonds is 9. The molecule has 1 rings (SSSR count). The predicted octanol–water partition coefficient (Wildman–Crippen LogP) is 2.94. The zero-order chi connectivity index (χ0) is 13.4. The molecule has 0 aromatic carbocycles. The van der Waals surface area contributed by atoms with Crippen LogP contribution in [0.4, 0.5) is 0 Å². The molecule has 0 aliphatic carbocycles. The van der Waals surface area contributed by atoms with Gasteiger partial charge >= 0.3 is 0 Å². The maximum atomic E-state index is 5.66. The van der Waals surface area contributed by atoms with Crippen molar-refractivity contribution in [2.45, 2.75) is 46.6 Å². The van der Waals surface area contributed by atoms with Crippen molar-refractivity contribution in [1.82, 2.24) is 10.3 Å². The Kier molecular flexibility index (Phi) is 7.47. The molecule has 3 N–H and O–H groups in total. The van der Waals surface area contributed by atoms with Crippen LogP contribution in [-0.4, -0.2) is 18.1 Å². The fourth-order valence-electron chi connectivity index (χ4n) is 2.21. The quantitative estimate of drug-likeness (QED) is 0.678. The topological polar surface area (TPSA) is 50.9 Å². The fourth-order valence-corrected chi connectivity index (χ4v) is 2.96. The molecule has 0 amide bonds. The highest BCUT2D eigenvalue weighted by Crippen LogP contribution is 2.20. The van der Waals surface area contributed by atoms with Crippen molar-refractivity contribution >= 4 is 11.3 Å². The van der Waals surface area contributed by atoms with Crippen LogP contribution >= 0.6 is 11.3 Å². The van der Waals surface area contributed by atoms with Crippen molar-refractivity contribution in [3.63, 3.8) is 0 Å². The van der Waals surface area contributed by atoms with Crippen molar-refractivity contribution in [2.75, 3.05) is 13.1 Å². The number of nitrogens with one attached hydrogen (secondary N) is 1. The molecule has 0 radical (unpaired) electrons. The summed E-state index contributed by atoms with van der Waals surface area (Å²) in [6.07, 6.45) is 3.68. The van der Waals surface area contributed by atoms with E-state index in [1.807, 2.05) is 5.51 Å². The van der Waals surface area contributed by atoms with Gasteiger partial charge in [-0.2, -0.15) is 0 Å². The summed E-state index contributed by atoms with van der Waals surface area (Å²) in [6.45, 7) is 9.54. The molecule has 0 saturated carbocycles. The summed E-state index contributed by atoms with van der Waals surface area (Å²) in [5.41, 5.74) is 8.74. The number of aryl methyl sites for hydroxylation is 1. The predicted molar refractivity (Wildman–Crippen MR) is 79.8 cm³/mol. The first-order valence-electron chi connectivity index (χ1n) is 6.95. The molecule has 104 valence electrons. The van der Waals surface area contributed by atoms with Crippen LogP contribution in [-0.2, 0) is 6.54 Å². The van der Waals surface area contributed by atoms with Gasteiger partial charge in [0.25, 0.3) is 0 Å². The van der Waals surface area contributed by atoms with Gasteiger partial charge < -0.3 is 11.1 Å². The molecule has 0 aliphatic heterocycles. The summed E-state index contributed by atoms with van der Waals surface area (Å²) in [5.74, 6) is 1.53. The summed E-state index contributed by atoms with van der Waals surface area (Å²) in [5, 5.41) is 3.50. The van der Waals surface area contributed by atoms with Gasteiger partial charge in [0.05, 0.1) is 11.2 Å². The van der Waals surface area contributed by atoms with Crippen molar-refractivity contribution in [2.24, 2.45) is 17.6 Å². The highest BCUT2D eigenvalue weighted by molar-refractivity contribution is 7.09. The van der Waals surface area contributed by atoms with Gasteiger partial charge in [-0.3, -0.25) is 0 Å². The van der Waals surface area contributed by atoms with Gasteiger partial charge in [-0.25, -0.2) is 4.98 Å². The van der Waals surface area contributed by atoms with Gasteiger partial charge in [-0.1, -0.05) is 13.8 Å². The highest BCUT2D eigenvalue weighted by Gasteiger charge is 2.11. The van der Waals surface area contributed by atoms with E-state index in [9.17, 15) is 0 Å². The number of hydrogen-bond donors (Lipinski definition) is 2. The summed E-state index contributed by atoms with van der Waals surface area (Å²) < 4.78 is 0. The minimum atomic E-state index is 0.747. The molecule has 3 nitrogen and oxygen atoms in total. The largest absolute Gasteiger partial charge is 0.330 e. The van der Waals surface area contributed by atoms with Gasteiger partial charge in [0.1, 0.15) is 0 Å². The van der Waals surface area contributed by atoms with E-state index < -0.39 is 0 Å². The summed E-state index contributed by atoms with van der Waals surface area (Å²) >= 11 is 1.74. The van der Waals surface area contributed by atoms with E-state index in [0.717, 1.165) is 43.6 Å². The maximum absolute atomic E-state index is 5.66. The van der Waals surface area contributed by atoms with E-state index >= 15 is 0 Å². The average molecular weight is 269 g/mol. The molecule has 1 unspecified atom stereocenters. The lowest BCUT2D eigenvalue weighted by atomic mass is 9.88. The Hall–Kier alpha value is -0.450. The fraction of sp³-hybridized carbons (Fsp3) is 0.786. The SMILES string of the molecule is Cc1ncsc1CNCCCC(CCN)C(C)C. The van der Waals surface area contributed by atoms with Crippen molar-refractivity contribution in [3.8, 4) is 0 Å². The normalized spacial score (nSPS) is 13.2. The zero-order valence-corrected chi connectivity index (χ0v) is 12.7. The third-order valence-corrected chi connectivity index (χ3v) is 4.47. The lowest BCUT2D eigenvalue weighted by Crippen LogP contribution is -2.18. The first kappa shape index (κ1) is 15.6. The monoisotopic (exact) mass is 269 g/mol. The van der Waals surface area contributed by atoms with E-state index in [1.54, 1.807) is 11.3 Å². The van der Waals surface area contributed by atoms with E-state index in [1.165, 1.54) is 17.7 Å². The maximum Gasteiger partial charge on any atom is 0.0798 e. The standard InChI is InChI=1S/C14H27N3S/c1-11(2)13(6-7-15)5-4-8-16-9-14-12(3)17-10-18-14/h10-11,13,16H,4-9,15H2,1-3H3. The molecule has 0 spiro atoms. The molecule has 1 aromatic heterocycles. The van der Waals surface area contributed by atoms with Crippen LogP contribution in [0.2, 0.25) is 0 Å². The highest BCUT2D eigenvalue weighted by atomic mass is 32.1. The Morgan fingerprint density at radius 1 is 1.39 bits per heavy atom. The molecule has 1 atom stereocenters. The minimum Gasteiger partial charge on any atom is -0.330 e. The van der Waals surface area contributed by atoms with Crippen molar-refractivity contribution < 1.29 is 0 Å². The third-order valence-electron chi connectivity index (χ3n) is 3.54. The van der Waals surface area contributed by atoms with Crippen LogP contribution in [0, 0.1) is 18.8 Å². The van der Waals surface area contributed by atoms with Gasteiger partial charge in [0.2, 0.25) is 0 Å². The van der Waals surface area contributed by atoms with Gasteiger partial charge in [-0.05, 0) is 51.1 Å². The number of aromatic nitrogens is 1. The Morgan fingerprint density at radius 2 is 2.17 bits per heavy atom. The van der Waals surface area contributed by atoms with Gasteiger partial charge in [0.15, 0.2) is 0 Å². The minimum absolute atomic E-state index is 0.747. The van der Waals surface area contributed by atoms with Crippen LogP contribution in [0.15, 0.2) is 5.51 Å². The Labute approximate surface area is 115 Å². The molecular weight excluding hydrogens is 242 g/mol. The van der Waals surface area contributed by atoms with Crippen LogP contribution in [0.5, 0.6) is 0 Å². The molecular formula is C14H27N3S. The lowest BCUT2D eigenvalue weighted by molar-refractivity contribution is 0.331. The smallest absolute Gasteiger partial charge is 0.0798 e. The molecule has 0 saturated heterocycles. The molecule has 0 bridgehead atoms. The second kappa shape index (κ2) is 8.62. The van der Waals surface area contributed by atoms with Gasteiger partial charge in [-0.15, -0.1) is 11.3 Å². The second-order valence-corrected chi connectivity index (χ2v) is 6.20. The van der Waals surface area contributed by atoms with E-state index in [4.69, 9.17) is 5.73 Å². The molecule has 1 heterocycles. The van der Waals surface area contributed by atoms with E-state index in [2.05, 4.69) is 31.1 Å². The second-order valence-electron chi connectivity index (χ2n) is 5.26. The van der Waals surface area contributed by atoms with E-state index in [0.29, 0.717) is 0 Å². The number of nitrogens with two attached hydrogens (primary N) is 1. The zero-order valence-electron chi connectivity index (χ0n) is 11.9. The molecule has 0 aliphatic rings. The summed E-state index contributed by atoms with van der Waals surface area (Å²) in [7, 11) is 0. The summed E-state index contributed by atoms with van der Waals surface area (Å²) in [4.78, 5) is 5.61. The van der Waals surface area contributed by atoms with Crippen LogP contribution in [0.3, 0.4) is 0 Å². The van der Waals surface area contributed by atoms with Crippen molar-refractivity contribution in [1.29, 1.82) is 0 Å². The number of hydrogen-bond acceptors (Lipinski definition) is 4. The van der Waals surface area contributed by atoms with Crippen LogP contribution in [0.1, 0.15) is 43.7 Å². The summed E-state index contributed by atoms with van der Waals surface area (Å²) in [6, 6.07) is 0. The van der Waals surface area contributed by atoms with Gasteiger partial charge in [0, 0.05) is 11.4 Å². The Morgan fingerprint density at radius 3 is 2.72 bits per heavy atom. The average Bonchev–Trinajstić information content (AvgIpc) is 2.73. The Bertz CT molecular complexity index is 323. The molecule has 18 heavy (non-hydrogen) atoms. The van der Waals surface area contributed by atoms with Crippen molar-refractivity contribution in [3.05, 3.63) is 16.1 Å². The lowest BCUT2D eigenvalue weighted by Gasteiger charge is -2.19. The number of nitrogens with zero attached hydrogens (tertiary/aromatic N) is 1.